The molecule has 2 aliphatic rings. The van der Waals surface area contributed by atoms with Crippen molar-refractivity contribution in [2.45, 2.75) is 52.6 Å². The number of Topliss-reactive ketones (excluding diaryl/α,β-unsaturated/α-hetero) is 1. The molecule has 2 fully saturated rings. The number of piperazine rings is 1. The molecule has 3 heterocycles. The van der Waals surface area contributed by atoms with Crippen molar-refractivity contribution < 1.29 is 14.0 Å². The smallest absolute Gasteiger partial charge is 0.320 e. The number of hydrogen-bond donors (Lipinski definition) is 0. The maximum Gasteiger partial charge on any atom is 0.320 e. The van der Waals surface area contributed by atoms with Crippen molar-refractivity contribution in [3.05, 3.63) is 64.2 Å². The number of benzene rings is 1. The van der Waals surface area contributed by atoms with Crippen molar-refractivity contribution in [2.75, 3.05) is 32.7 Å². The Kier molecular flexibility index (Phi) is 7.08. The quantitative estimate of drug-likeness (QED) is 0.644. The molecule has 2 amide bonds. The zero-order chi connectivity index (χ0) is 23.5. The Morgan fingerprint density at radius 2 is 1.79 bits per heavy atom. The lowest BCUT2D eigenvalue weighted by molar-refractivity contribution is 0.0813. The highest BCUT2D eigenvalue weighted by molar-refractivity contribution is 5.97. The van der Waals surface area contributed by atoms with Crippen molar-refractivity contribution in [3.8, 4) is 0 Å². The van der Waals surface area contributed by atoms with Crippen molar-refractivity contribution in [1.82, 2.24) is 19.7 Å². The molecular weight excluding hydrogens is 419 g/mol. The number of halogens is 1. The Morgan fingerprint density at radius 3 is 2.45 bits per heavy atom. The van der Waals surface area contributed by atoms with Crippen LogP contribution in [0.1, 0.15) is 52.5 Å². The van der Waals surface area contributed by atoms with E-state index < -0.39 is 0 Å². The molecule has 0 N–H and O–H groups in total. The number of likely N-dealkylation sites (tertiary alicyclic amines) is 1. The summed E-state index contributed by atoms with van der Waals surface area (Å²) in [5.41, 5.74) is 3.96. The van der Waals surface area contributed by atoms with Crippen LogP contribution in [-0.4, -0.2) is 70.3 Å². The molecule has 2 aromatic rings. The van der Waals surface area contributed by atoms with Crippen LogP contribution < -0.4 is 0 Å². The van der Waals surface area contributed by atoms with Gasteiger partial charge in [0.25, 0.3) is 0 Å². The van der Waals surface area contributed by atoms with Crippen LogP contribution in [0.4, 0.5) is 9.18 Å². The fourth-order valence-corrected chi connectivity index (χ4v) is 4.84. The first-order chi connectivity index (χ1) is 15.8. The summed E-state index contributed by atoms with van der Waals surface area (Å²) in [5.74, 6) is -0.388. The van der Waals surface area contributed by atoms with Gasteiger partial charge in [0.1, 0.15) is 5.82 Å². The number of rotatable bonds is 5. The lowest BCUT2D eigenvalue weighted by Gasteiger charge is -2.41. The second-order valence-corrected chi connectivity index (χ2v) is 9.39. The summed E-state index contributed by atoms with van der Waals surface area (Å²) in [7, 11) is 0. The molecule has 4 rings (SSSR count). The van der Waals surface area contributed by atoms with Gasteiger partial charge in [0.05, 0.1) is 0 Å². The molecule has 0 saturated carbocycles. The second-order valence-electron chi connectivity index (χ2n) is 9.39. The van der Waals surface area contributed by atoms with Gasteiger partial charge in [0, 0.05) is 69.2 Å². The van der Waals surface area contributed by atoms with Gasteiger partial charge >= 0.3 is 6.03 Å². The molecule has 6 nitrogen and oxygen atoms in total. The van der Waals surface area contributed by atoms with E-state index in [9.17, 15) is 14.0 Å². The summed E-state index contributed by atoms with van der Waals surface area (Å²) in [4.78, 5) is 35.9. The topological polar surface area (TPSA) is 56.8 Å². The van der Waals surface area contributed by atoms with Crippen LogP contribution >= 0.6 is 0 Å². The second kappa shape index (κ2) is 10.00. The Morgan fingerprint density at radius 1 is 1.06 bits per heavy atom. The van der Waals surface area contributed by atoms with Gasteiger partial charge in [-0.15, -0.1) is 0 Å². The number of aryl methyl sites for hydroxylation is 1. The fourth-order valence-electron chi connectivity index (χ4n) is 4.84. The van der Waals surface area contributed by atoms with Gasteiger partial charge in [-0.3, -0.25) is 14.7 Å². The minimum atomic E-state index is -0.323. The van der Waals surface area contributed by atoms with Crippen LogP contribution in [0.25, 0.3) is 0 Å². The molecule has 1 atom stereocenters. The molecule has 0 bridgehead atoms. The Labute approximate surface area is 195 Å². The van der Waals surface area contributed by atoms with Crippen LogP contribution in [0, 0.1) is 19.7 Å². The molecule has 1 aromatic heterocycles. The summed E-state index contributed by atoms with van der Waals surface area (Å²) in [6.07, 6.45) is 3.90. The van der Waals surface area contributed by atoms with E-state index in [-0.39, 0.29) is 30.1 Å². The van der Waals surface area contributed by atoms with E-state index in [0.717, 1.165) is 55.8 Å². The standard InChI is InChI=1S/C26H33FN4O2/c1-18-6-7-21(15-28-18)25(32)14-22-12-24(27)13-23(20(22)3)17-29-10-11-31(19(2)16-29)26(33)30-8-4-5-9-30/h6-7,12-13,15,19H,4-5,8-11,14,16-17H2,1-3H3/t19-/m0/s1. The zero-order valence-electron chi connectivity index (χ0n) is 19.8. The van der Waals surface area contributed by atoms with Crippen LogP contribution in [0.2, 0.25) is 0 Å². The molecule has 2 aliphatic heterocycles. The maximum absolute atomic E-state index is 14.5. The maximum atomic E-state index is 14.5. The monoisotopic (exact) mass is 452 g/mol. The summed E-state index contributed by atoms with van der Waals surface area (Å²) in [5, 5.41) is 0. The van der Waals surface area contributed by atoms with Crippen molar-refractivity contribution in [3.63, 3.8) is 0 Å². The average molecular weight is 453 g/mol. The number of hydrogen-bond acceptors (Lipinski definition) is 4. The number of carbonyl (C=O) groups excluding carboxylic acids is 2. The molecule has 33 heavy (non-hydrogen) atoms. The summed E-state index contributed by atoms with van der Waals surface area (Å²) < 4.78 is 14.5. The molecule has 1 aromatic carbocycles. The van der Waals surface area contributed by atoms with E-state index in [1.807, 2.05) is 29.7 Å². The van der Waals surface area contributed by atoms with Gasteiger partial charge in [0.2, 0.25) is 0 Å². The van der Waals surface area contributed by atoms with Crippen molar-refractivity contribution in [2.24, 2.45) is 0 Å². The zero-order valence-corrected chi connectivity index (χ0v) is 19.8. The number of aromatic nitrogens is 1. The van der Waals surface area contributed by atoms with Gasteiger partial charge in [-0.05, 0) is 74.6 Å². The highest BCUT2D eigenvalue weighted by atomic mass is 19.1. The Balaban J connectivity index is 1.42. The SMILES string of the molecule is Cc1ccc(C(=O)Cc2cc(F)cc(CN3CCN(C(=O)N4CCCC4)[C@@H](C)C3)c2C)cn1. The third-order valence-electron chi connectivity index (χ3n) is 6.90. The molecule has 176 valence electrons. The van der Waals surface area contributed by atoms with E-state index >= 15 is 0 Å². The Hall–Kier alpha value is -2.80. The number of ketones is 1. The molecule has 0 spiro atoms. The van der Waals surface area contributed by atoms with Gasteiger partial charge in [0.15, 0.2) is 5.78 Å². The lowest BCUT2D eigenvalue weighted by Crippen LogP contribution is -2.56. The molecular formula is C26H33FN4O2. The third kappa shape index (κ3) is 5.41. The number of urea groups is 1. The minimum Gasteiger partial charge on any atom is -0.325 e. The first kappa shape index (κ1) is 23.4. The number of amides is 2. The summed E-state index contributed by atoms with van der Waals surface area (Å²) in [6.45, 7) is 10.4. The van der Waals surface area contributed by atoms with E-state index in [0.29, 0.717) is 24.2 Å². The average Bonchev–Trinajstić information content (AvgIpc) is 3.32. The molecule has 2 saturated heterocycles. The van der Waals surface area contributed by atoms with Gasteiger partial charge < -0.3 is 9.80 Å². The first-order valence-corrected chi connectivity index (χ1v) is 11.8. The molecule has 0 radical (unpaired) electrons. The van der Waals surface area contributed by atoms with Gasteiger partial charge in [-0.1, -0.05) is 0 Å². The normalized spacial score (nSPS) is 19.2. The van der Waals surface area contributed by atoms with E-state index in [4.69, 9.17) is 0 Å². The van der Waals surface area contributed by atoms with Crippen molar-refractivity contribution >= 4 is 11.8 Å². The lowest BCUT2D eigenvalue weighted by atomic mass is 9.95. The van der Waals surface area contributed by atoms with Crippen molar-refractivity contribution in [1.29, 1.82) is 0 Å². The fraction of sp³-hybridized carbons (Fsp3) is 0.500. The Bertz CT molecular complexity index is 1020. The van der Waals surface area contributed by atoms with Gasteiger partial charge in [-0.2, -0.15) is 0 Å². The number of pyridine rings is 1. The van der Waals surface area contributed by atoms with Crippen LogP contribution in [0.3, 0.4) is 0 Å². The third-order valence-corrected chi connectivity index (χ3v) is 6.90. The number of nitrogens with zero attached hydrogens (tertiary/aromatic N) is 4. The number of carbonyl (C=O) groups is 2. The highest BCUT2D eigenvalue weighted by Crippen LogP contribution is 2.23. The van der Waals surface area contributed by atoms with E-state index in [1.54, 1.807) is 18.3 Å². The molecule has 0 aliphatic carbocycles. The predicted molar refractivity (Wildman–Crippen MR) is 126 cm³/mol. The molecule has 7 heteroatoms. The van der Waals surface area contributed by atoms with E-state index in [1.165, 1.54) is 6.07 Å². The minimum absolute atomic E-state index is 0.0650. The van der Waals surface area contributed by atoms with Crippen LogP contribution in [0.15, 0.2) is 30.5 Å². The van der Waals surface area contributed by atoms with E-state index in [2.05, 4.69) is 16.8 Å². The van der Waals surface area contributed by atoms with Crippen LogP contribution in [0.5, 0.6) is 0 Å². The summed E-state index contributed by atoms with van der Waals surface area (Å²) in [6, 6.07) is 6.87. The predicted octanol–water partition coefficient (Wildman–Crippen LogP) is 3.98. The molecule has 0 unspecified atom stereocenters. The summed E-state index contributed by atoms with van der Waals surface area (Å²) >= 11 is 0. The van der Waals surface area contributed by atoms with Gasteiger partial charge in [-0.25, -0.2) is 9.18 Å². The first-order valence-electron chi connectivity index (χ1n) is 11.8. The largest absolute Gasteiger partial charge is 0.325 e. The van der Waals surface area contributed by atoms with Crippen LogP contribution in [-0.2, 0) is 13.0 Å². The highest BCUT2D eigenvalue weighted by Gasteiger charge is 2.31.